The van der Waals surface area contributed by atoms with E-state index in [9.17, 15) is 19.2 Å². The number of imide groups is 1. The average Bonchev–Trinajstić information content (AvgIpc) is 3.60. The number of carbonyl (C=O) groups is 4. The van der Waals surface area contributed by atoms with E-state index in [4.69, 9.17) is 16.3 Å². The number of benzene rings is 3. The number of nitrogens with zero attached hydrogens (tertiary/aromatic N) is 1. The van der Waals surface area contributed by atoms with Crippen LogP contribution < -0.4 is 4.90 Å². The summed E-state index contributed by atoms with van der Waals surface area (Å²) >= 11 is 5.89. The second-order valence-corrected chi connectivity index (χ2v) is 10.9. The zero-order valence-electron chi connectivity index (χ0n) is 20.8. The Morgan fingerprint density at radius 1 is 0.868 bits per heavy atom. The van der Waals surface area contributed by atoms with Gasteiger partial charge in [-0.3, -0.25) is 19.3 Å². The van der Waals surface area contributed by atoms with Gasteiger partial charge in [0.25, 0.3) is 0 Å². The van der Waals surface area contributed by atoms with E-state index < -0.39 is 12.1 Å². The molecular weight excluding hydrogens is 502 g/mol. The van der Waals surface area contributed by atoms with Crippen LogP contribution >= 0.6 is 11.6 Å². The Hall–Kier alpha value is -3.77. The Balaban J connectivity index is 1.19. The van der Waals surface area contributed by atoms with E-state index in [1.807, 2.05) is 18.2 Å². The van der Waals surface area contributed by atoms with Crippen molar-refractivity contribution in [2.45, 2.75) is 31.8 Å². The van der Waals surface area contributed by atoms with Crippen molar-refractivity contribution in [3.63, 3.8) is 0 Å². The van der Waals surface area contributed by atoms with E-state index >= 15 is 0 Å². The number of anilines is 1. The van der Waals surface area contributed by atoms with Crippen molar-refractivity contribution in [3.05, 3.63) is 101 Å². The molecule has 0 radical (unpaired) electrons. The first-order valence-electron chi connectivity index (χ1n) is 12.9. The van der Waals surface area contributed by atoms with Gasteiger partial charge in [-0.2, -0.15) is 0 Å². The van der Waals surface area contributed by atoms with Crippen molar-refractivity contribution >= 4 is 40.9 Å². The molecule has 3 aliphatic rings. The van der Waals surface area contributed by atoms with Gasteiger partial charge in [-0.15, -0.1) is 0 Å². The molecule has 6 nitrogen and oxygen atoms in total. The molecule has 2 saturated carbocycles. The van der Waals surface area contributed by atoms with Crippen LogP contribution in [0.5, 0.6) is 0 Å². The number of fused-ring (bicyclic) bond motifs is 5. The van der Waals surface area contributed by atoms with Crippen LogP contribution in [0.1, 0.15) is 52.0 Å². The summed E-state index contributed by atoms with van der Waals surface area (Å²) in [5, 5.41) is 0.502. The van der Waals surface area contributed by atoms with Crippen molar-refractivity contribution in [3.8, 4) is 0 Å². The Kier molecular flexibility index (Phi) is 6.15. The van der Waals surface area contributed by atoms with Crippen LogP contribution in [0.2, 0.25) is 5.02 Å². The highest BCUT2D eigenvalue weighted by molar-refractivity contribution is 6.30. The summed E-state index contributed by atoms with van der Waals surface area (Å²) in [5.41, 5.74) is 2.13. The van der Waals surface area contributed by atoms with Crippen molar-refractivity contribution in [2.75, 3.05) is 4.90 Å². The third kappa shape index (κ3) is 4.04. The molecular formula is C31H26ClNO5. The standard InChI is InChI=1S/C31H26ClNO5/c1-17(28(34)19-10-12-22(32)13-11-19)38-31(37)20-8-5-9-23(14-20)33-29(35)26-21-15-24(18-6-3-2-4-7-18)25(16-21)27(26)30(33)36/h2-14,17,21,24-27H,15-16H2,1H3/t17-,21+,24+,25+,26+,27-/m0/s1. The average molecular weight is 528 g/mol. The zero-order valence-corrected chi connectivity index (χ0v) is 21.5. The Bertz CT molecular complexity index is 1440. The summed E-state index contributed by atoms with van der Waals surface area (Å²) in [6, 6.07) is 22.9. The molecule has 1 aliphatic heterocycles. The summed E-state index contributed by atoms with van der Waals surface area (Å²) in [4.78, 5) is 54.0. The van der Waals surface area contributed by atoms with Crippen LogP contribution in [0.4, 0.5) is 5.69 Å². The number of halogens is 1. The minimum absolute atomic E-state index is 0.140. The second-order valence-electron chi connectivity index (χ2n) is 10.4. The molecule has 2 aliphatic carbocycles. The molecule has 7 heteroatoms. The lowest BCUT2D eigenvalue weighted by Crippen LogP contribution is -2.33. The number of hydrogen-bond donors (Lipinski definition) is 0. The first-order valence-corrected chi connectivity index (χ1v) is 13.2. The predicted molar refractivity (Wildman–Crippen MR) is 142 cm³/mol. The van der Waals surface area contributed by atoms with Gasteiger partial charge in [-0.25, -0.2) is 4.79 Å². The number of Topliss-reactive ketones (excluding diaryl/α,β-unsaturated/α-hetero) is 1. The van der Waals surface area contributed by atoms with Gasteiger partial charge in [0.1, 0.15) is 0 Å². The van der Waals surface area contributed by atoms with Crippen molar-refractivity contribution in [2.24, 2.45) is 23.7 Å². The molecule has 0 unspecified atom stereocenters. The van der Waals surface area contributed by atoms with Crippen molar-refractivity contribution in [1.29, 1.82) is 0 Å². The quantitative estimate of drug-likeness (QED) is 0.233. The molecule has 1 heterocycles. The molecule has 0 spiro atoms. The number of ketones is 1. The number of ether oxygens (including phenoxy) is 1. The monoisotopic (exact) mass is 527 g/mol. The Morgan fingerprint density at radius 3 is 2.32 bits per heavy atom. The highest BCUT2D eigenvalue weighted by atomic mass is 35.5. The maximum atomic E-state index is 13.6. The van der Waals surface area contributed by atoms with E-state index in [0.29, 0.717) is 16.3 Å². The molecule has 6 rings (SSSR count). The first kappa shape index (κ1) is 24.6. The van der Waals surface area contributed by atoms with E-state index in [1.54, 1.807) is 42.5 Å². The predicted octanol–water partition coefficient (Wildman–Crippen LogP) is 5.70. The molecule has 2 amide bonds. The fraction of sp³-hybridized carbons (Fsp3) is 0.290. The van der Waals surface area contributed by atoms with Crippen molar-refractivity contribution < 1.29 is 23.9 Å². The normalized spacial score (nSPS) is 26.4. The maximum absolute atomic E-state index is 13.6. The van der Waals surface area contributed by atoms with Gasteiger partial charge in [0, 0.05) is 10.6 Å². The van der Waals surface area contributed by atoms with E-state index in [-0.39, 0.29) is 52.8 Å². The van der Waals surface area contributed by atoms with Gasteiger partial charge in [-0.05, 0) is 85.5 Å². The fourth-order valence-electron chi connectivity index (χ4n) is 6.70. The highest BCUT2D eigenvalue weighted by Gasteiger charge is 2.64. The van der Waals surface area contributed by atoms with E-state index in [1.165, 1.54) is 23.5 Å². The number of esters is 1. The lowest BCUT2D eigenvalue weighted by molar-refractivity contribution is -0.123. The molecule has 192 valence electrons. The largest absolute Gasteiger partial charge is 0.451 e. The smallest absolute Gasteiger partial charge is 0.338 e. The van der Waals surface area contributed by atoms with Gasteiger partial charge >= 0.3 is 5.97 Å². The van der Waals surface area contributed by atoms with Crippen LogP contribution in [0.3, 0.4) is 0 Å². The molecule has 3 fully saturated rings. The minimum atomic E-state index is -1.02. The molecule has 0 aromatic heterocycles. The van der Waals surface area contributed by atoms with Crippen molar-refractivity contribution in [1.82, 2.24) is 0 Å². The number of hydrogen-bond acceptors (Lipinski definition) is 5. The molecule has 3 aromatic rings. The van der Waals surface area contributed by atoms with Crippen LogP contribution in [0.15, 0.2) is 78.9 Å². The number of amides is 2. The Labute approximate surface area is 225 Å². The number of carbonyl (C=O) groups excluding carboxylic acids is 4. The zero-order chi connectivity index (χ0) is 26.6. The van der Waals surface area contributed by atoms with Crippen LogP contribution in [0.25, 0.3) is 0 Å². The summed E-state index contributed by atoms with van der Waals surface area (Å²) in [6.07, 6.45) is 0.785. The summed E-state index contributed by atoms with van der Waals surface area (Å²) < 4.78 is 5.43. The summed E-state index contributed by atoms with van der Waals surface area (Å²) in [5.74, 6) is -1.47. The first-order chi connectivity index (χ1) is 18.3. The molecule has 6 atom stereocenters. The molecule has 1 saturated heterocycles. The van der Waals surface area contributed by atoms with Gasteiger partial charge in [-0.1, -0.05) is 48.0 Å². The second kappa shape index (κ2) is 9.52. The van der Waals surface area contributed by atoms with Crippen LogP contribution in [-0.4, -0.2) is 29.7 Å². The number of rotatable bonds is 6. The minimum Gasteiger partial charge on any atom is -0.451 e. The summed E-state index contributed by atoms with van der Waals surface area (Å²) in [7, 11) is 0. The van der Waals surface area contributed by atoms with Gasteiger partial charge in [0.15, 0.2) is 6.10 Å². The van der Waals surface area contributed by atoms with Crippen LogP contribution in [0, 0.1) is 23.7 Å². The lowest BCUT2D eigenvalue weighted by atomic mass is 9.73. The van der Waals surface area contributed by atoms with Gasteiger partial charge in [0.05, 0.1) is 23.1 Å². The van der Waals surface area contributed by atoms with Crippen LogP contribution in [-0.2, 0) is 14.3 Å². The topological polar surface area (TPSA) is 80.8 Å². The third-order valence-electron chi connectivity index (χ3n) is 8.37. The molecule has 3 aromatic carbocycles. The molecule has 38 heavy (non-hydrogen) atoms. The van der Waals surface area contributed by atoms with Gasteiger partial charge < -0.3 is 4.74 Å². The third-order valence-corrected chi connectivity index (χ3v) is 8.62. The maximum Gasteiger partial charge on any atom is 0.338 e. The van der Waals surface area contributed by atoms with E-state index in [0.717, 1.165) is 12.8 Å². The molecule has 2 bridgehead atoms. The summed E-state index contributed by atoms with van der Waals surface area (Å²) in [6.45, 7) is 1.51. The Morgan fingerprint density at radius 2 is 1.58 bits per heavy atom. The van der Waals surface area contributed by atoms with Gasteiger partial charge in [0.2, 0.25) is 17.6 Å². The fourth-order valence-corrected chi connectivity index (χ4v) is 6.83. The highest BCUT2D eigenvalue weighted by Crippen LogP contribution is 2.61. The SMILES string of the molecule is C[C@H](OC(=O)c1cccc(N2C(=O)[C@@H]3[C@H]4C[C@@H]([C@@H]3C2=O)[C@@H](c2ccccc2)C4)c1)C(=O)c1ccc(Cl)cc1. The lowest BCUT2D eigenvalue weighted by Gasteiger charge is -2.28. The van der Waals surface area contributed by atoms with E-state index in [2.05, 4.69) is 12.1 Å². The molecule has 0 N–H and O–H groups in total.